The topological polar surface area (TPSA) is 83.0 Å². The molecule has 0 aliphatic carbocycles. The van der Waals surface area contributed by atoms with Crippen molar-refractivity contribution in [2.75, 3.05) is 51.2 Å². The van der Waals surface area contributed by atoms with Gasteiger partial charge in [-0.2, -0.15) is 4.31 Å². The van der Waals surface area contributed by atoms with E-state index in [1.165, 1.54) is 28.6 Å². The second-order valence-corrected chi connectivity index (χ2v) is 11.7. The molecule has 0 atom stereocenters. The number of ether oxygens (including phenoxy) is 1. The number of sulfonamides is 1. The van der Waals surface area contributed by atoms with Gasteiger partial charge in [-0.1, -0.05) is 25.2 Å². The number of anilines is 1. The average molecular weight is 517 g/mol. The maximum atomic E-state index is 12.9. The van der Waals surface area contributed by atoms with E-state index in [0.717, 1.165) is 54.4 Å². The smallest absolute Gasteiger partial charge is 0.343 e. The summed E-state index contributed by atoms with van der Waals surface area (Å²) in [5.74, 6) is -0.0964. The van der Waals surface area contributed by atoms with Gasteiger partial charge in [-0.3, -0.25) is 0 Å². The lowest BCUT2D eigenvalue weighted by atomic mass is 10.2. The van der Waals surface area contributed by atoms with Crippen molar-refractivity contribution < 1.29 is 17.9 Å². The highest BCUT2D eigenvalue weighted by Gasteiger charge is 2.23. The lowest BCUT2D eigenvalue weighted by molar-refractivity contribution is 0.0735. The predicted octanol–water partition coefficient (Wildman–Crippen LogP) is 4.08. The molecule has 10 heteroatoms. The number of aromatic nitrogens is 1. The summed E-state index contributed by atoms with van der Waals surface area (Å²) in [4.78, 5) is 22.2. The van der Waals surface area contributed by atoms with E-state index < -0.39 is 16.0 Å². The Morgan fingerprint density at radius 3 is 2.31 bits per heavy atom. The molecule has 0 spiro atoms. The van der Waals surface area contributed by atoms with Crippen LogP contribution in [0.25, 0.3) is 10.2 Å². The first-order chi connectivity index (χ1) is 16.8. The summed E-state index contributed by atoms with van der Waals surface area (Å²) in [6.07, 6.45) is 1.48. The first kappa shape index (κ1) is 25.6. The Hall–Kier alpha value is -2.53. The molecule has 0 unspecified atom stereocenters. The van der Waals surface area contributed by atoms with E-state index in [1.54, 1.807) is 17.4 Å². The van der Waals surface area contributed by atoms with Gasteiger partial charge < -0.3 is 14.5 Å². The zero-order valence-corrected chi connectivity index (χ0v) is 22.1. The molecular weight excluding hydrogens is 484 g/mol. The molecule has 1 saturated heterocycles. The van der Waals surface area contributed by atoms with Crippen LogP contribution in [-0.2, 0) is 10.0 Å². The minimum absolute atomic E-state index is 0.179. The number of hydrogen-bond acceptors (Lipinski definition) is 8. The molecule has 8 nitrogen and oxygen atoms in total. The Balaban J connectivity index is 1.46. The molecule has 0 N–H and O–H groups in total. The van der Waals surface area contributed by atoms with Crippen molar-refractivity contribution in [3.63, 3.8) is 0 Å². The third kappa shape index (κ3) is 5.83. The molecule has 4 rings (SSSR count). The molecule has 0 amide bonds. The van der Waals surface area contributed by atoms with Crippen LogP contribution in [0, 0.1) is 0 Å². The summed E-state index contributed by atoms with van der Waals surface area (Å²) in [5.41, 5.74) is 1.17. The number of esters is 1. The number of fused-ring (bicyclic) bond motifs is 1. The fourth-order valence-corrected chi connectivity index (χ4v) is 6.69. The molecule has 1 fully saturated rings. The van der Waals surface area contributed by atoms with Crippen molar-refractivity contribution in [2.45, 2.75) is 31.6 Å². The van der Waals surface area contributed by atoms with E-state index in [4.69, 9.17) is 9.72 Å². The van der Waals surface area contributed by atoms with Gasteiger partial charge in [0.2, 0.25) is 10.0 Å². The fraction of sp³-hybridized carbons (Fsp3) is 0.440. The number of benzene rings is 2. The molecule has 1 aliphatic heterocycles. The Bertz CT molecular complexity index is 1260. The number of piperazine rings is 1. The van der Waals surface area contributed by atoms with E-state index in [1.807, 2.05) is 26.0 Å². The molecule has 0 bridgehead atoms. The first-order valence-electron chi connectivity index (χ1n) is 12.0. The van der Waals surface area contributed by atoms with E-state index in [9.17, 15) is 13.2 Å². The van der Waals surface area contributed by atoms with Crippen molar-refractivity contribution in [3.05, 3.63) is 48.0 Å². The number of likely N-dealkylation sites (N-methyl/N-ethyl adjacent to an activating group) is 1. The number of thiazole rings is 1. The number of carbonyl (C=O) groups is 1. The molecule has 0 radical (unpaired) electrons. The maximum Gasteiger partial charge on any atom is 0.343 e. The van der Waals surface area contributed by atoms with Gasteiger partial charge in [0.1, 0.15) is 5.75 Å². The van der Waals surface area contributed by atoms with E-state index in [2.05, 4.69) is 16.8 Å². The number of rotatable bonds is 9. The molecule has 2 aromatic carbocycles. The predicted molar refractivity (Wildman–Crippen MR) is 140 cm³/mol. The van der Waals surface area contributed by atoms with Gasteiger partial charge >= 0.3 is 5.97 Å². The molecule has 0 saturated carbocycles. The van der Waals surface area contributed by atoms with Crippen LogP contribution in [0.4, 0.5) is 5.13 Å². The summed E-state index contributed by atoms with van der Waals surface area (Å²) >= 11 is 1.59. The third-order valence-electron chi connectivity index (χ3n) is 6.01. The lowest BCUT2D eigenvalue weighted by Gasteiger charge is -2.31. The summed E-state index contributed by atoms with van der Waals surface area (Å²) in [6, 6.07) is 11.4. The van der Waals surface area contributed by atoms with Crippen LogP contribution >= 0.6 is 11.3 Å². The van der Waals surface area contributed by atoms with Gasteiger partial charge in [0, 0.05) is 45.3 Å². The Labute approximate surface area is 211 Å². The van der Waals surface area contributed by atoms with Gasteiger partial charge in [-0.15, -0.1) is 0 Å². The van der Waals surface area contributed by atoms with Gasteiger partial charge in [-0.05, 0) is 56.3 Å². The summed E-state index contributed by atoms with van der Waals surface area (Å²) < 4.78 is 33.9. The van der Waals surface area contributed by atoms with Crippen molar-refractivity contribution in [1.82, 2.24) is 14.2 Å². The molecule has 3 aromatic rings. The minimum Gasteiger partial charge on any atom is -0.423 e. The quantitative estimate of drug-likeness (QED) is 0.313. The fourth-order valence-electron chi connectivity index (χ4n) is 4.02. The molecular formula is C25H32N4O4S2. The van der Waals surface area contributed by atoms with E-state index >= 15 is 0 Å². The van der Waals surface area contributed by atoms with Crippen LogP contribution in [0.3, 0.4) is 0 Å². The zero-order chi connectivity index (χ0) is 25.0. The van der Waals surface area contributed by atoms with E-state index in [-0.39, 0.29) is 4.90 Å². The molecule has 1 aliphatic rings. The third-order valence-corrected chi connectivity index (χ3v) is 9.00. The standard InChI is InChI=1S/C25H32N4O4S2/c1-4-12-29(13-5-2)35(31,32)21-9-6-19(7-10-21)24(30)33-20-8-11-22-23(18-20)34-25(26-22)28-16-14-27(3)15-17-28/h6-11,18H,4-5,12-17H2,1-3H3. The average Bonchev–Trinajstić information content (AvgIpc) is 3.28. The Morgan fingerprint density at radius 2 is 1.69 bits per heavy atom. The van der Waals surface area contributed by atoms with Crippen LogP contribution < -0.4 is 9.64 Å². The second-order valence-electron chi connectivity index (χ2n) is 8.73. The van der Waals surface area contributed by atoms with Crippen molar-refractivity contribution in [1.29, 1.82) is 0 Å². The zero-order valence-electron chi connectivity index (χ0n) is 20.4. The number of carbonyl (C=O) groups excluding carboxylic acids is 1. The van der Waals surface area contributed by atoms with Crippen LogP contribution in [0.15, 0.2) is 47.4 Å². The van der Waals surface area contributed by atoms with Crippen molar-refractivity contribution in [3.8, 4) is 5.75 Å². The first-order valence-corrected chi connectivity index (χ1v) is 14.2. The molecule has 2 heterocycles. The largest absolute Gasteiger partial charge is 0.423 e. The molecule has 188 valence electrons. The maximum absolute atomic E-state index is 12.9. The minimum atomic E-state index is -3.59. The lowest BCUT2D eigenvalue weighted by Crippen LogP contribution is -2.44. The van der Waals surface area contributed by atoms with Crippen LogP contribution in [0.1, 0.15) is 37.0 Å². The Kier molecular flexibility index (Phi) is 8.05. The second kappa shape index (κ2) is 11.0. The van der Waals surface area contributed by atoms with Gasteiger partial charge in [0.15, 0.2) is 5.13 Å². The van der Waals surface area contributed by atoms with Gasteiger partial charge in [-0.25, -0.2) is 18.2 Å². The Morgan fingerprint density at radius 1 is 1.03 bits per heavy atom. The SMILES string of the molecule is CCCN(CCC)S(=O)(=O)c1ccc(C(=O)Oc2ccc3nc(N4CCN(C)CC4)sc3c2)cc1. The van der Waals surface area contributed by atoms with Crippen LogP contribution in [0.5, 0.6) is 5.75 Å². The summed E-state index contributed by atoms with van der Waals surface area (Å²) in [5, 5.41) is 0.980. The number of nitrogens with zero attached hydrogens (tertiary/aromatic N) is 4. The monoisotopic (exact) mass is 516 g/mol. The van der Waals surface area contributed by atoms with Crippen molar-refractivity contribution >= 4 is 42.7 Å². The highest BCUT2D eigenvalue weighted by Crippen LogP contribution is 2.32. The summed E-state index contributed by atoms with van der Waals surface area (Å²) in [6.45, 7) is 8.74. The highest BCUT2D eigenvalue weighted by molar-refractivity contribution is 7.89. The van der Waals surface area contributed by atoms with Gasteiger partial charge in [0.25, 0.3) is 0 Å². The van der Waals surface area contributed by atoms with Crippen LogP contribution in [0.2, 0.25) is 0 Å². The summed E-state index contributed by atoms with van der Waals surface area (Å²) in [7, 11) is -1.47. The van der Waals surface area contributed by atoms with Gasteiger partial charge in [0.05, 0.1) is 20.7 Å². The van der Waals surface area contributed by atoms with E-state index in [0.29, 0.717) is 24.4 Å². The molecule has 35 heavy (non-hydrogen) atoms. The normalized spacial score (nSPS) is 15.1. The van der Waals surface area contributed by atoms with Crippen LogP contribution in [-0.4, -0.2) is 74.9 Å². The highest BCUT2D eigenvalue weighted by atomic mass is 32.2. The number of hydrogen-bond donors (Lipinski definition) is 0. The molecule has 1 aromatic heterocycles. The van der Waals surface area contributed by atoms with Crippen molar-refractivity contribution in [2.24, 2.45) is 0 Å².